The molecule has 1 aromatic heterocycles. The lowest BCUT2D eigenvalue weighted by Crippen LogP contribution is -2.50. The van der Waals surface area contributed by atoms with Gasteiger partial charge in [0.05, 0.1) is 0 Å². The summed E-state index contributed by atoms with van der Waals surface area (Å²) in [5.74, 6) is -5.68. The number of halogens is 2. The number of carboxylic acids is 1. The standard InChI is InChI=1S/C16H15F2NO5/c1-7-8(3-4-9(19-7)14(17)18)12(21)11-10(20)5-6-16(2,13(11)22)15(23)24/h3-4,11,14H,5-6H2,1-2H3,(H,23,24). The van der Waals surface area contributed by atoms with Crippen LogP contribution in [0, 0.1) is 18.3 Å². The van der Waals surface area contributed by atoms with E-state index in [-0.39, 0.29) is 24.1 Å². The molecule has 1 N–H and O–H groups in total. The van der Waals surface area contributed by atoms with Crippen LogP contribution in [0.2, 0.25) is 0 Å². The Balaban J connectivity index is 2.42. The molecule has 1 fully saturated rings. The lowest BCUT2D eigenvalue weighted by atomic mass is 9.67. The van der Waals surface area contributed by atoms with Crippen molar-refractivity contribution in [2.45, 2.75) is 33.1 Å². The van der Waals surface area contributed by atoms with E-state index in [4.69, 9.17) is 0 Å². The SMILES string of the molecule is Cc1nc(C(F)F)ccc1C(=O)C1C(=O)CCC(C)(C(=O)O)C1=O. The van der Waals surface area contributed by atoms with Crippen LogP contribution < -0.4 is 0 Å². The quantitative estimate of drug-likeness (QED) is 0.666. The van der Waals surface area contributed by atoms with E-state index in [1.165, 1.54) is 13.8 Å². The van der Waals surface area contributed by atoms with Crippen molar-refractivity contribution in [3.05, 3.63) is 29.1 Å². The van der Waals surface area contributed by atoms with Crippen molar-refractivity contribution in [2.24, 2.45) is 11.3 Å². The number of hydrogen-bond acceptors (Lipinski definition) is 5. The van der Waals surface area contributed by atoms with Crippen LogP contribution in [0.4, 0.5) is 8.78 Å². The van der Waals surface area contributed by atoms with E-state index in [1.807, 2.05) is 0 Å². The van der Waals surface area contributed by atoms with E-state index in [9.17, 15) is 33.1 Å². The number of ketones is 3. The van der Waals surface area contributed by atoms with Crippen molar-refractivity contribution in [1.29, 1.82) is 0 Å². The van der Waals surface area contributed by atoms with Gasteiger partial charge in [0.25, 0.3) is 6.43 Å². The normalized spacial score (nSPS) is 24.3. The summed E-state index contributed by atoms with van der Waals surface area (Å²) in [5.41, 5.74) is -2.53. The zero-order valence-corrected chi connectivity index (χ0v) is 13.0. The van der Waals surface area contributed by atoms with Gasteiger partial charge in [-0.3, -0.25) is 24.2 Å². The molecule has 0 saturated heterocycles. The first kappa shape index (κ1) is 17.8. The van der Waals surface area contributed by atoms with Crippen molar-refractivity contribution >= 4 is 23.3 Å². The average molecular weight is 339 g/mol. The van der Waals surface area contributed by atoms with E-state index in [2.05, 4.69) is 4.98 Å². The number of carbonyl (C=O) groups is 4. The van der Waals surface area contributed by atoms with Crippen LogP contribution in [0.1, 0.15) is 47.9 Å². The van der Waals surface area contributed by atoms with Crippen LogP contribution in [0.5, 0.6) is 0 Å². The van der Waals surface area contributed by atoms with Crippen LogP contribution in [-0.2, 0) is 14.4 Å². The van der Waals surface area contributed by atoms with Gasteiger partial charge in [-0.2, -0.15) is 0 Å². The summed E-state index contributed by atoms with van der Waals surface area (Å²) in [4.78, 5) is 52.0. The fourth-order valence-corrected chi connectivity index (χ4v) is 2.70. The van der Waals surface area contributed by atoms with Crippen molar-refractivity contribution in [3.63, 3.8) is 0 Å². The van der Waals surface area contributed by atoms with E-state index in [1.54, 1.807) is 0 Å². The Morgan fingerprint density at radius 3 is 2.46 bits per heavy atom. The zero-order valence-electron chi connectivity index (χ0n) is 13.0. The minimum absolute atomic E-state index is 0.0407. The van der Waals surface area contributed by atoms with Crippen molar-refractivity contribution in [1.82, 2.24) is 4.98 Å². The first-order valence-electron chi connectivity index (χ1n) is 7.20. The molecular formula is C16H15F2NO5. The summed E-state index contributed by atoms with van der Waals surface area (Å²) in [7, 11) is 0. The Labute approximate surface area is 135 Å². The molecule has 0 bridgehead atoms. The maximum atomic E-state index is 12.6. The number of rotatable bonds is 4. The van der Waals surface area contributed by atoms with Crippen molar-refractivity contribution in [2.75, 3.05) is 0 Å². The number of hydrogen-bond donors (Lipinski definition) is 1. The molecule has 1 aliphatic carbocycles. The smallest absolute Gasteiger partial charge is 0.316 e. The maximum Gasteiger partial charge on any atom is 0.316 e. The Bertz CT molecular complexity index is 746. The number of carbonyl (C=O) groups excluding carboxylic acids is 3. The predicted octanol–water partition coefficient (Wildman–Crippen LogP) is 2.15. The van der Waals surface area contributed by atoms with E-state index < -0.39 is 46.8 Å². The second-order valence-electron chi connectivity index (χ2n) is 5.93. The monoisotopic (exact) mass is 339 g/mol. The molecule has 0 aliphatic heterocycles. The molecule has 24 heavy (non-hydrogen) atoms. The van der Waals surface area contributed by atoms with Crippen LogP contribution in [0.15, 0.2) is 12.1 Å². The van der Waals surface area contributed by atoms with Gasteiger partial charge in [0.15, 0.2) is 17.3 Å². The summed E-state index contributed by atoms with van der Waals surface area (Å²) in [6.07, 6.45) is -3.21. The number of Topliss-reactive ketones (excluding diaryl/α,β-unsaturated/α-hetero) is 3. The van der Waals surface area contributed by atoms with Crippen LogP contribution >= 0.6 is 0 Å². The molecule has 0 spiro atoms. The first-order valence-corrected chi connectivity index (χ1v) is 7.20. The summed E-state index contributed by atoms with van der Waals surface area (Å²) in [6, 6.07) is 2.03. The summed E-state index contributed by atoms with van der Waals surface area (Å²) < 4.78 is 25.3. The molecule has 6 nitrogen and oxygen atoms in total. The van der Waals surface area contributed by atoms with Gasteiger partial charge in [0.2, 0.25) is 0 Å². The number of aliphatic carboxylic acids is 1. The van der Waals surface area contributed by atoms with Crippen molar-refractivity contribution < 1.29 is 33.1 Å². The molecule has 2 atom stereocenters. The fourth-order valence-electron chi connectivity index (χ4n) is 2.70. The number of nitrogens with zero attached hydrogens (tertiary/aromatic N) is 1. The topological polar surface area (TPSA) is 101 Å². The van der Waals surface area contributed by atoms with Gasteiger partial charge in [-0.1, -0.05) is 0 Å². The van der Waals surface area contributed by atoms with Crippen molar-refractivity contribution in [3.8, 4) is 0 Å². The van der Waals surface area contributed by atoms with Gasteiger partial charge in [0, 0.05) is 17.7 Å². The summed E-state index contributed by atoms with van der Waals surface area (Å²) in [5, 5.41) is 9.24. The maximum absolute atomic E-state index is 12.6. The second kappa shape index (κ2) is 6.18. The van der Waals surface area contributed by atoms with E-state index in [0.29, 0.717) is 0 Å². The third-order valence-electron chi connectivity index (χ3n) is 4.33. The number of aryl methyl sites for hydroxylation is 1. The molecule has 0 amide bonds. The molecule has 8 heteroatoms. The Morgan fingerprint density at radius 2 is 1.96 bits per heavy atom. The van der Waals surface area contributed by atoms with Gasteiger partial charge in [-0.05, 0) is 32.4 Å². The molecule has 1 heterocycles. The number of pyridine rings is 1. The Kier molecular flexibility index (Phi) is 4.59. The number of aromatic nitrogens is 1. The highest BCUT2D eigenvalue weighted by Crippen LogP contribution is 2.36. The average Bonchev–Trinajstić information content (AvgIpc) is 2.50. The zero-order chi connectivity index (χ0) is 18.2. The minimum Gasteiger partial charge on any atom is -0.481 e. The van der Waals surface area contributed by atoms with Crippen LogP contribution in [0.3, 0.4) is 0 Å². The molecule has 0 radical (unpaired) electrons. The van der Waals surface area contributed by atoms with Crippen LogP contribution in [-0.4, -0.2) is 33.4 Å². The first-order chi connectivity index (χ1) is 11.1. The predicted molar refractivity (Wildman–Crippen MR) is 76.7 cm³/mol. The van der Waals surface area contributed by atoms with E-state index >= 15 is 0 Å². The summed E-state index contributed by atoms with van der Waals surface area (Å²) in [6.45, 7) is 2.49. The van der Waals surface area contributed by atoms with Gasteiger partial charge in [-0.15, -0.1) is 0 Å². The van der Waals surface area contributed by atoms with Gasteiger partial charge in [0.1, 0.15) is 17.0 Å². The molecule has 2 rings (SSSR count). The summed E-state index contributed by atoms with van der Waals surface area (Å²) >= 11 is 0. The van der Waals surface area contributed by atoms with Crippen LogP contribution in [0.25, 0.3) is 0 Å². The highest BCUT2D eigenvalue weighted by atomic mass is 19.3. The molecule has 1 aliphatic rings. The number of carboxylic acid groups (broad SMARTS) is 1. The highest BCUT2D eigenvalue weighted by Gasteiger charge is 2.53. The molecule has 0 aromatic carbocycles. The Hall–Kier alpha value is -2.51. The largest absolute Gasteiger partial charge is 0.481 e. The van der Waals surface area contributed by atoms with Gasteiger partial charge < -0.3 is 5.11 Å². The molecule has 128 valence electrons. The highest BCUT2D eigenvalue weighted by molar-refractivity contribution is 6.29. The second-order valence-corrected chi connectivity index (χ2v) is 5.93. The molecular weight excluding hydrogens is 324 g/mol. The minimum atomic E-state index is -2.82. The van der Waals surface area contributed by atoms with Gasteiger partial charge in [-0.25, -0.2) is 8.78 Å². The lowest BCUT2D eigenvalue weighted by Gasteiger charge is -2.31. The van der Waals surface area contributed by atoms with Gasteiger partial charge >= 0.3 is 5.97 Å². The third-order valence-corrected chi connectivity index (χ3v) is 4.33. The Morgan fingerprint density at radius 1 is 1.33 bits per heavy atom. The number of alkyl halides is 2. The molecule has 1 aromatic rings. The fraction of sp³-hybridized carbons (Fsp3) is 0.438. The molecule has 2 unspecified atom stereocenters. The molecule has 1 saturated carbocycles. The lowest BCUT2D eigenvalue weighted by molar-refractivity contribution is -0.158. The third kappa shape index (κ3) is 2.83. The van der Waals surface area contributed by atoms with E-state index in [0.717, 1.165) is 12.1 Å².